The van der Waals surface area contributed by atoms with Crippen LogP contribution in [0.5, 0.6) is 0 Å². The third kappa shape index (κ3) is 4.32. The second kappa shape index (κ2) is 9.25. The number of rotatable bonds is 7. The predicted molar refractivity (Wildman–Crippen MR) is 131 cm³/mol. The van der Waals surface area contributed by atoms with Gasteiger partial charge < -0.3 is 9.67 Å². The number of hydrogen-bond acceptors (Lipinski definition) is 3. The van der Waals surface area contributed by atoms with Crippen molar-refractivity contribution in [2.24, 2.45) is 0 Å². The molecule has 0 radical (unpaired) electrons. The molecule has 5 nitrogen and oxygen atoms in total. The minimum Gasteiger partial charge on any atom is -0.480 e. The van der Waals surface area contributed by atoms with E-state index in [4.69, 9.17) is 9.97 Å². The van der Waals surface area contributed by atoms with E-state index in [0.717, 1.165) is 51.4 Å². The monoisotopic (exact) mass is 491 g/mol. The fourth-order valence-corrected chi connectivity index (χ4v) is 4.84. The van der Waals surface area contributed by atoms with Crippen molar-refractivity contribution >= 4 is 33.1 Å². The Hall–Kier alpha value is -2.99. The number of aryl methyl sites for hydroxylation is 3. The smallest absolute Gasteiger partial charge is 0.318 e. The van der Waals surface area contributed by atoms with Crippen molar-refractivity contribution in [2.45, 2.75) is 44.5 Å². The highest BCUT2D eigenvalue weighted by Crippen LogP contribution is 2.33. The maximum Gasteiger partial charge on any atom is 0.318 e. The van der Waals surface area contributed by atoms with Crippen LogP contribution in [0.3, 0.4) is 0 Å². The molecule has 32 heavy (non-hydrogen) atoms. The highest BCUT2D eigenvalue weighted by atomic mass is 79.9. The Bertz CT molecular complexity index is 1250. The molecular formula is C26H26BrN3O2. The van der Waals surface area contributed by atoms with E-state index in [2.05, 4.69) is 52.5 Å². The molecule has 6 heteroatoms. The molecule has 2 atom stereocenters. The zero-order valence-electron chi connectivity index (χ0n) is 18.4. The first-order valence-corrected chi connectivity index (χ1v) is 11.6. The van der Waals surface area contributed by atoms with E-state index in [1.54, 1.807) is 0 Å². The van der Waals surface area contributed by atoms with Crippen molar-refractivity contribution in [3.63, 3.8) is 0 Å². The number of pyridine rings is 1. The van der Waals surface area contributed by atoms with Crippen LogP contribution in [0.25, 0.3) is 11.2 Å². The highest BCUT2D eigenvalue weighted by molar-refractivity contribution is 9.10. The largest absolute Gasteiger partial charge is 0.480 e. The Morgan fingerprint density at radius 1 is 1.03 bits per heavy atom. The summed E-state index contributed by atoms with van der Waals surface area (Å²) in [5.41, 5.74) is 7.04. The van der Waals surface area contributed by atoms with Crippen LogP contribution in [0.15, 0.2) is 60.7 Å². The summed E-state index contributed by atoms with van der Waals surface area (Å²) < 4.78 is 2.18. The van der Waals surface area contributed by atoms with E-state index >= 15 is 0 Å². The Kier molecular flexibility index (Phi) is 6.42. The van der Waals surface area contributed by atoms with Crippen LogP contribution in [-0.2, 0) is 17.8 Å². The van der Waals surface area contributed by atoms with E-state index in [9.17, 15) is 9.90 Å². The van der Waals surface area contributed by atoms with Gasteiger partial charge in [0.05, 0.1) is 6.54 Å². The third-order valence-corrected chi connectivity index (χ3v) is 6.70. The number of carbonyl (C=O) groups is 1. The minimum absolute atomic E-state index is 0.282. The van der Waals surface area contributed by atoms with Gasteiger partial charge in [-0.05, 0) is 42.2 Å². The average Bonchev–Trinajstić information content (AvgIpc) is 3.13. The lowest BCUT2D eigenvalue weighted by Crippen LogP contribution is -2.23. The molecule has 0 aliphatic heterocycles. The Morgan fingerprint density at radius 2 is 1.69 bits per heavy atom. The summed E-state index contributed by atoms with van der Waals surface area (Å²) in [5, 5.41) is 9.64. The van der Waals surface area contributed by atoms with E-state index in [1.807, 2.05) is 49.4 Å². The van der Waals surface area contributed by atoms with Gasteiger partial charge in [-0.2, -0.15) is 0 Å². The fourth-order valence-electron chi connectivity index (χ4n) is 4.23. The predicted octanol–water partition coefficient (Wildman–Crippen LogP) is 5.64. The SMILES string of the molecule is CCc1nc2c(C)cc(C)nc2n1Cc1ccc(C(c2ccccc2)C(Br)C(=O)O)cc1. The average molecular weight is 492 g/mol. The molecule has 2 aromatic heterocycles. The summed E-state index contributed by atoms with van der Waals surface area (Å²) in [5.74, 6) is -0.147. The molecule has 0 aliphatic carbocycles. The molecule has 4 rings (SSSR count). The van der Waals surface area contributed by atoms with Crippen LogP contribution in [0.2, 0.25) is 0 Å². The van der Waals surface area contributed by atoms with Gasteiger partial charge in [0, 0.05) is 18.0 Å². The summed E-state index contributed by atoms with van der Waals surface area (Å²) in [6.07, 6.45) is 0.826. The second-order valence-corrected chi connectivity index (χ2v) is 9.08. The van der Waals surface area contributed by atoms with E-state index in [0.29, 0.717) is 6.54 Å². The molecule has 0 fully saturated rings. The number of benzene rings is 2. The Morgan fingerprint density at radius 3 is 2.31 bits per heavy atom. The number of aliphatic carboxylic acids is 1. The third-order valence-electron chi connectivity index (χ3n) is 5.78. The van der Waals surface area contributed by atoms with Crippen LogP contribution in [0, 0.1) is 13.8 Å². The van der Waals surface area contributed by atoms with Crippen molar-refractivity contribution in [3.8, 4) is 0 Å². The number of fused-ring (bicyclic) bond motifs is 1. The summed E-state index contributed by atoms with van der Waals surface area (Å²) in [6, 6.07) is 20.0. The van der Waals surface area contributed by atoms with Gasteiger partial charge >= 0.3 is 5.97 Å². The fraction of sp³-hybridized carbons (Fsp3) is 0.269. The number of carboxylic acid groups (broad SMARTS) is 1. The number of nitrogens with zero attached hydrogens (tertiary/aromatic N) is 3. The lowest BCUT2D eigenvalue weighted by Gasteiger charge is -2.21. The van der Waals surface area contributed by atoms with Crippen molar-refractivity contribution < 1.29 is 9.90 Å². The van der Waals surface area contributed by atoms with Crippen LogP contribution >= 0.6 is 15.9 Å². The van der Waals surface area contributed by atoms with Crippen LogP contribution in [-0.4, -0.2) is 30.4 Å². The molecule has 0 saturated heterocycles. The van der Waals surface area contributed by atoms with Crippen molar-refractivity contribution in [3.05, 3.63) is 94.4 Å². The molecule has 2 heterocycles. The van der Waals surface area contributed by atoms with Gasteiger partial charge in [0.2, 0.25) is 0 Å². The molecule has 0 amide bonds. The molecule has 2 aromatic carbocycles. The van der Waals surface area contributed by atoms with Gasteiger partial charge in [-0.3, -0.25) is 4.79 Å². The topological polar surface area (TPSA) is 68.0 Å². The molecule has 4 aromatic rings. The van der Waals surface area contributed by atoms with Crippen molar-refractivity contribution in [2.75, 3.05) is 0 Å². The van der Waals surface area contributed by atoms with Gasteiger partial charge in [-0.25, -0.2) is 9.97 Å². The normalized spacial score (nSPS) is 13.2. The number of halogens is 1. The van der Waals surface area contributed by atoms with Gasteiger partial charge in [0.15, 0.2) is 5.65 Å². The molecule has 2 unspecified atom stereocenters. The lowest BCUT2D eigenvalue weighted by atomic mass is 9.88. The first-order valence-electron chi connectivity index (χ1n) is 10.7. The molecule has 0 aliphatic rings. The minimum atomic E-state index is -0.878. The maximum atomic E-state index is 11.8. The number of hydrogen-bond donors (Lipinski definition) is 1. The van der Waals surface area contributed by atoms with Crippen LogP contribution in [0.1, 0.15) is 46.6 Å². The van der Waals surface area contributed by atoms with Crippen molar-refractivity contribution in [1.82, 2.24) is 14.5 Å². The molecule has 0 bridgehead atoms. The number of imidazole rings is 1. The summed E-state index contributed by atoms with van der Waals surface area (Å²) in [6.45, 7) is 6.86. The van der Waals surface area contributed by atoms with Crippen LogP contribution < -0.4 is 0 Å². The first kappa shape index (κ1) is 22.2. The van der Waals surface area contributed by atoms with Gasteiger partial charge in [-0.1, -0.05) is 77.5 Å². The molecule has 164 valence electrons. The second-order valence-electron chi connectivity index (χ2n) is 8.09. The Labute approximate surface area is 196 Å². The summed E-state index contributed by atoms with van der Waals surface area (Å²) >= 11 is 3.39. The standard InChI is InChI=1S/C26H26BrN3O2/c1-4-21-29-24-16(2)14-17(3)28-25(24)30(21)15-18-10-12-20(13-11-18)22(23(27)26(31)32)19-8-6-5-7-9-19/h5-14,22-23H,4,15H2,1-3H3,(H,31,32). The molecule has 1 N–H and O–H groups in total. The first-order chi connectivity index (χ1) is 15.4. The van der Waals surface area contributed by atoms with E-state index in [-0.39, 0.29) is 5.92 Å². The summed E-state index contributed by atoms with van der Waals surface area (Å²) in [7, 11) is 0. The Balaban J connectivity index is 1.69. The molecular weight excluding hydrogens is 466 g/mol. The van der Waals surface area contributed by atoms with Gasteiger partial charge in [0.1, 0.15) is 16.2 Å². The van der Waals surface area contributed by atoms with Crippen LogP contribution in [0.4, 0.5) is 0 Å². The quantitative estimate of drug-likeness (QED) is 0.339. The number of aromatic nitrogens is 3. The van der Waals surface area contributed by atoms with Crippen molar-refractivity contribution in [1.29, 1.82) is 0 Å². The number of alkyl halides is 1. The number of carboxylic acids is 1. The van der Waals surface area contributed by atoms with E-state index in [1.165, 1.54) is 0 Å². The lowest BCUT2D eigenvalue weighted by molar-refractivity contribution is -0.136. The highest BCUT2D eigenvalue weighted by Gasteiger charge is 2.28. The van der Waals surface area contributed by atoms with Gasteiger partial charge in [-0.15, -0.1) is 0 Å². The zero-order valence-corrected chi connectivity index (χ0v) is 20.0. The maximum absolute atomic E-state index is 11.8. The molecule has 0 spiro atoms. The molecule has 0 saturated carbocycles. The van der Waals surface area contributed by atoms with Gasteiger partial charge in [0.25, 0.3) is 0 Å². The summed E-state index contributed by atoms with van der Waals surface area (Å²) in [4.78, 5) is 20.6. The van der Waals surface area contributed by atoms with E-state index < -0.39 is 10.8 Å². The zero-order chi connectivity index (χ0) is 22.8.